The SMILES string of the molecule is Cc1nc(-c2ccc3c(c2)nc(CN2CCC(c4cccnc4OCc4ccc(Cl)cc4F)CC2)n3CC2CCO2)n[nH]1. The van der Waals surface area contributed by atoms with E-state index in [1.54, 1.807) is 18.3 Å². The van der Waals surface area contributed by atoms with Crippen LogP contribution in [0.15, 0.2) is 54.7 Å². The smallest absolute Gasteiger partial charge is 0.217 e. The number of benzene rings is 2. The highest BCUT2D eigenvalue weighted by Gasteiger charge is 2.27. The van der Waals surface area contributed by atoms with Crippen LogP contribution in [0.25, 0.3) is 22.4 Å². The first-order valence-corrected chi connectivity index (χ1v) is 15.1. The first kappa shape index (κ1) is 27.9. The average molecular weight is 602 g/mol. The number of H-pyrrole nitrogens is 1. The second kappa shape index (κ2) is 12.0. The van der Waals surface area contributed by atoms with Gasteiger partial charge in [0.15, 0.2) is 5.82 Å². The quantitative estimate of drug-likeness (QED) is 0.219. The molecular weight excluding hydrogens is 569 g/mol. The topological polar surface area (TPSA) is 94.0 Å². The summed E-state index contributed by atoms with van der Waals surface area (Å²) >= 11 is 5.90. The highest BCUT2D eigenvalue weighted by Crippen LogP contribution is 2.34. The predicted molar refractivity (Wildman–Crippen MR) is 161 cm³/mol. The van der Waals surface area contributed by atoms with Crippen molar-refractivity contribution in [3.05, 3.63) is 88.3 Å². The number of nitrogens with one attached hydrogen (secondary N) is 1. The van der Waals surface area contributed by atoms with E-state index in [0.29, 0.717) is 28.2 Å². The molecule has 2 saturated heterocycles. The summed E-state index contributed by atoms with van der Waals surface area (Å²) in [5.74, 6) is 3.00. The molecule has 3 aromatic heterocycles. The van der Waals surface area contributed by atoms with E-state index in [1.165, 1.54) is 6.07 Å². The summed E-state index contributed by atoms with van der Waals surface area (Å²) in [6.07, 6.45) is 4.95. The normalized spacial score (nSPS) is 17.8. The molecule has 0 aliphatic carbocycles. The fourth-order valence-electron chi connectivity index (χ4n) is 5.97. The molecule has 9 nitrogen and oxygen atoms in total. The van der Waals surface area contributed by atoms with Crippen molar-refractivity contribution in [1.82, 2.24) is 34.6 Å². The van der Waals surface area contributed by atoms with E-state index >= 15 is 0 Å². The van der Waals surface area contributed by atoms with Gasteiger partial charge < -0.3 is 14.0 Å². The van der Waals surface area contributed by atoms with Crippen LogP contribution in [0, 0.1) is 12.7 Å². The fraction of sp³-hybridized carbons (Fsp3) is 0.375. The molecule has 1 unspecified atom stereocenters. The van der Waals surface area contributed by atoms with Gasteiger partial charge in [-0.05, 0) is 81.6 Å². The number of aromatic nitrogens is 6. The molecule has 0 saturated carbocycles. The minimum absolute atomic E-state index is 0.102. The lowest BCUT2D eigenvalue weighted by Crippen LogP contribution is -2.35. The molecular formula is C32H33ClFN7O2. The zero-order chi connectivity index (χ0) is 29.3. The van der Waals surface area contributed by atoms with E-state index in [0.717, 1.165) is 85.9 Å². The van der Waals surface area contributed by atoms with Crippen LogP contribution in [0.5, 0.6) is 5.88 Å². The van der Waals surface area contributed by atoms with E-state index in [-0.39, 0.29) is 18.5 Å². The molecule has 1 atom stereocenters. The average Bonchev–Trinajstić information content (AvgIpc) is 3.57. The van der Waals surface area contributed by atoms with Crippen molar-refractivity contribution < 1.29 is 13.9 Å². The highest BCUT2D eigenvalue weighted by atomic mass is 35.5. The molecule has 2 fully saturated rings. The van der Waals surface area contributed by atoms with Gasteiger partial charge in [0.2, 0.25) is 5.88 Å². The molecule has 2 aliphatic heterocycles. The Hall–Kier alpha value is -3.86. The van der Waals surface area contributed by atoms with Gasteiger partial charge in [-0.3, -0.25) is 10.00 Å². The summed E-state index contributed by atoms with van der Waals surface area (Å²) in [4.78, 5) is 16.5. The molecule has 43 heavy (non-hydrogen) atoms. The molecule has 2 aromatic carbocycles. The molecule has 0 bridgehead atoms. The molecule has 0 spiro atoms. The lowest BCUT2D eigenvalue weighted by atomic mass is 9.90. The number of aryl methyl sites for hydroxylation is 1. The molecule has 1 N–H and O–H groups in total. The van der Waals surface area contributed by atoms with E-state index in [9.17, 15) is 4.39 Å². The number of nitrogens with zero attached hydrogens (tertiary/aromatic N) is 6. The van der Waals surface area contributed by atoms with Crippen molar-refractivity contribution in [1.29, 1.82) is 0 Å². The van der Waals surface area contributed by atoms with Crippen LogP contribution in [-0.2, 0) is 24.4 Å². The van der Waals surface area contributed by atoms with Crippen molar-refractivity contribution in [2.24, 2.45) is 0 Å². The zero-order valence-corrected chi connectivity index (χ0v) is 24.7. The summed E-state index contributed by atoms with van der Waals surface area (Å²) < 4.78 is 28.4. The number of aromatic amines is 1. The Morgan fingerprint density at radius 2 is 1.95 bits per heavy atom. The Kier molecular flexibility index (Phi) is 7.81. The maximum absolute atomic E-state index is 14.3. The van der Waals surface area contributed by atoms with Crippen LogP contribution in [-0.4, -0.2) is 60.4 Å². The number of halogens is 2. The van der Waals surface area contributed by atoms with Gasteiger partial charge in [0.1, 0.15) is 24.1 Å². The van der Waals surface area contributed by atoms with Gasteiger partial charge in [0.05, 0.1) is 30.2 Å². The summed E-state index contributed by atoms with van der Waals surface area (Å²) in [5, 5.41) is 7.61. The minimum atomic E-state index is -0.377. The summed E-state index contributed by atoms with van der Waals surface area (Å²) in [6, 6.07) is 14.9. The summed E-state index contributed by atoms with van der Waals surface area (Å²) in [7, 11) is 0. The molecule has 7 rings (SSSR count). The first-order chi connectivity index (χ1) is 21.0. The lowest BCUT2D eigenvalue weighted by Gasteiger charge is -2.33. The van der Waals surface area contributed by atoms with Gasteiger partial charge in [-0.15, -0.1) is 0 Å². The largest absolute Gasteiger partial charge is 0.472 e. The number of fused-ring (bicyclic) bond motifs is 1. The number of imidazole rings is 1. The standard InChI is InChI=1S/C32H33ClFN7O2/c1-20-36-31(39-38-20)22-5-7-29-28(15-22)37-30(41(29)17-25-10-14-42-25)18-40-12-8-21(9-13-40)26-3-2-11-35-32(26)43-19-23-4-6-24(33)16-27(23)34/h2-7,11,15-16,21,25H,8-10,12-14,17-19H2,1H3,(H,36,38,39). The second-order valence-corrected chi connectivity index (χ2v) is 11.8. The van der Waals surface area contributed by atoms with E-state index in [4.69, 9.17) is 26.1 Å². The summed E-state index contributed by atoms with van der Waals surface area (Å²) in [6.45, 7) is 6.23. The lowest BCUT2D eigenvalue weighted by molar-refractivity contribution is -0.0592. The van der Waals surface area contributed by atoms with E-state index in [2.05, 4.69) is 53.9 Å². The third-order valence-electron chi connectivity index (χ3n) is 8.43. The number of ether oxygens (including phenoxy) is 2. The molecule has 11 heteroatoms. The Bertz CT molecular complexity index is 1740. The van der Waals surface area contributed by atoms with Gasteiger partial charge >= 0.3 is 0 Å². The molecule has 5 heterocycles. The van der Waals surface area contributed by atoms with Gasteiger partial charge in [-0.1, -0.05) is 23.7 Å². The number of hydrogen-bond donors (Lipinski definition) is 1. The number of likely N-dealkylation sites (tertiary alicyclic amines) is 1. The third kappa shape index (κ3) is 6.00. The first-order valence-electron chi connectivity index (χ1n) is 14.7. The van der Waals surface area contributed by atoms with Crippen LogP contribution >= 0.6 is 11.6 Å². The minimum Gasteiger partial charge on any atom is -0.472 e. The number of rotatable bonds is 9. The fourth-order valence-corrected chi connectivity index (χ4v) is 6.13. The van der Waals surface area contributed by atoms with Crippen molar-refractivity contribution in [3.63, 3.8) is 0 Å². The number of hydrogen-bond acceptors (Lipinski definition) is 7. The third-order valence-corrected chi connectivity index (χ3v) is 8.67. The molecule has 222 valence electrons. The molecule has 0 amide bonds. The van der Waals surface area contributed by atoms with Crippen LogP contribution in [0.4, 0.5) is 4.39 Å². The van der Waals surface area contributed by atoms with Crippen molar-refractivity contribution in [2.45, 2.75) is 57.9 Å². The predicted octanol–water partition coefficient (Wildman–Crippen LogP) is 6.06. The second-order valence-electron chi connectivity index (χ2n) is 11.3. The maximum Gasteiger partial charge on any atom is 0.217 e. The van der Waals surface area contributed by atoms with Crippen LogP contribution in [0.2, 0.25) is 5.02 Å². The maximum atomic E-state index is 14.3. The van der Waals surface area contributed by atoms with Crippen molar-refractivity contribution in [2.75, 3.05) is 19.7 Å². The van der Waals surface area contributed by atoms with Gasteiger partial charge in [-0.2, -0.15) is 5.10 Å². The van der Waals surface area contributed by atoms with Crippen molar-refractivity contribution in [3.8, 4) is 17.3 Å². The van der Waals surface area contributed by atoms with E-state index in [1.807, 2.05) is 13.0 Å². The van der Waals surface area contributed by atoms with Crippen LogP contribution in [0.1, 0.15) is 48.0 Å². The van der Waals surface area contributed by atoms with Crippen LogP contribution < -0.4 is 4.74 Å². The zero-order valence-electron chi connectivity index (χ0n) is 24.0. The Labute approximate surface area is 254 Å². The number of pyridine rings is 1. The van der Waals surface area contributed by atoms with E-state index < -0.39 is 0 Å². The van der Waals surface area contributed by atoms with Gasteiger partial charge in [-0.25, -0.2) is 19.3 Å². The van der Waals surface area contributed by atoms with Crippen LogP contribution in [0.3, 0.4) is 0 Å². The Morgan fingerprint density at radius 1 is 1.09 bits per heavy atom. The molecule has 5 aromatic rings. The summed E-state index contributed by atoms with van der Waals surface area (Å²) in [5.41, 5.74) is 4.51. The molecule has 2 aliphatic rings. The highest BCUT2D eigenvalue weighted by molar-refractivity contribution is 6.30. The molecule has 0 radical (unpaired) electrons. The van der Waals surface area contributed by atoms with Gasteiger partial charge in [0, 0.05) is 34.5 Å². The van der Waals surface area contributed by atoms with Crippen molar-refractivity contribution >= 4 is 22.6 Å². The van der Waals surface area contributed by atoms with Gasteiger partial charge in [0.25, 0.3) is 0 Å². The Balaban J connectivity index is 1.05. The monoisotopic (exact) mass is 601 g/mol. The number of piperidine rings is 1. The Morgan fingerprint density at radius 3 is 2.70 bits per heavy atom.